The number of nitrogens with one attached hydrogen (secondary N) is 2. The van der Waals surface area contributed by atoms with E-state index in [4.69, 9.17) is 4.74 Å². The summed E-state index contributed by atoms with van der Waals surface area (Å²) in [4.78, 5) is 15.6. The Labute approximate surface area is 156 Å². The first-order valence-corrected chi connectivity index (χ1v) is 9.47. The number of rotatable bonds is 2. The van der Waals surface area contributed by atoms with E-state index in [9.17, 15) is 4.79 Å². The highest BCUT2D eigenvalue weighted by atomic mass is 19.1. The van der Waals surface area contributed by atoms with Crippen LogP contribution in [0.25, 0.3) is 22.2 Å². The molecule has 27 heavy (non-hydrogen) atoms. The van der Waals surface area contributed by atoms with Crippen LogP contribution in [-0.2, 0) is 11.3 Å². The van der Waals surface area contributed by atoms with Gasteiger partial charge in [0.1, 0.15) is 12.4 Å². The molecular weight excluding hydrogens is 343 g/mol. The minimum Gasteiger partial charge on any atom is -0.369 e. The first kappa shape index (κ1) is 16.7. The van der Waals surface area contributed by atoms with E-state index in [0.29, 0.717) is 29.3 Å². The number of aromatic nitrogens is 1. The van der Waals surface area contributed by atoms with Crippen LogP contribution in [0.1, 0.15) is 40.2 Å². The zero-order valence-corrected chi connectivity index (χ0v) is 15.0. The van der Waals surface area contributed by atoms with Crippen molar-refractivity contribution in [2.75, 3.05) is 19.7 Å². The van der Waals surface area contributed by atoms with Gasteiger partial charge in [0.05, 0.1) is 12.3 Å². The second kappa shape index (κ2) is 6.59. The molecule has 0 radical (unpaired) electrons. The van der Waals surface area contributed by atoms with Gasteiger partial charge in [-0.3, -0.25) is 4.79 Å². The molecule has 2 aromatic carbocycles. The molecule has 2 N–H and O–H groups in total. The van der Waals surface area contributed by atoms with Crippen molar-refractivity contribution >= 4 is 16.7 Å². The van der Waals surface area contributed by atoms with E-state index >= 15 is 4.39 Å². The normalized spacial score (nSPS) is 20.0. The number of piperidine rings is 1. The van der Waals surface area contributed by atoms with Crippen molar-refractivity contribution in [1.82, 2.24) is 10.3 Å². The lowest BCUT2D eigenvalue weighted by Crippen LogP contribution is -2.28. The number of Topliss-reactive ketones (excluding diaryl/α,β-unsaturated/α-hetero) is 1. The lowest BCUT2D eigenvalue weighted by Gasteiger charge is -2.23. The van der Waals surface area contributed by atoms with E-state index < -0.39 is 0 Å². The highest BCUT2D eigenvalue weighted by molar-refractivity contribution is 6.11. The standard InChI is InChI=1S/C22H21FN2O2/c23-18-9-13(14-3-2-8-24-10-14)6-7-15(18)22-17-11-27-12-20(26)16-4-1-5-19(25-22)21(16)17/h1,4-7,9,14,24-25H,2-3,8,10-12H2/t14-/m0/s1. The van der Waals surface area contributed by atoms with Crippen molar-refractivity contribution in [2.45, 2.75) is 25.4 Å². The summed E-state index contributed by atoms with van der Waals surface area (Å²) in [5.41, 5.74) is 4.62. The van der Waals surface area contributed by atoms with Crippen molar-refractivity contribution in [1.29, 1.82) is 0 Å². The van der Waals surface area contributed by atoms with Crippen molar-refractivity contribution in [3.05, 3.63) is 58.9 Å². The fourth-order valence-electron chi connectivity index (χ4n) is 4.37. The molecule has 3 aromatic rings. The van der Waals surface area contributed by atoms with Gasteiger partial charge in [0, 0.05) is 34.1 Å². The molecule has 1 fully saturated rings. The highest BCUT2D eigenvalue weighted by Crippen LogP contribution is 2.37. The number of carbonyl (C=O) groups is 1. The third-order valence-electron chi connectivity index (χ3n) is 5.74. The third-order valence-corrected chi connectivity index (χ3v) is 5.74. The van der Waals surface area contributed by atoms with Gasteiger partial charge in [-0.05, 0) is 49.1 Å². The van der Waals surface area contributed by atoms with Gasteiger partial charge in [0.15, 0.2) is 5.78 Å². The number of aromatic amines is 1. The summed E-state index contributed by atoms with van der Waals surface area (Å²) in [6.07, 6.45) is 2.21. The predicted octanol–water partition coefficient (Wildman–Crippen LogP) is 4.15. The molecule has 1 saturated heterocycles. The summed E-state index contributed by atoms with van der Waals surface area (Å²) in [6, 6.07) is 11.1. The molecule has 0 amide bonds. The SMILES string of the molecule is O=C1COCc2c(-c3ccc([C@H]4CCCNC4)cc3F)[nH]c3cccc1c23. The summed E-state index contributed by atoms with van der Waals surface area (Å²) in [5.74, 6) is 0.0858. The fourth-order valence-corrected chi connectivity index (χ4v) is 4.37. The van der Waals surface area contributed by atoms with E-state index in [1.54, 1.807) is 6.07 Å². The largest absolute Gasteiger partial charge is 0.369 e. The molecule has 1 aromatic heterocycles. The molecule has 5 rings (SSSR count). The van der Waals surface area contributed by atoms with E-state index in [1.807, 2.05) is 30.3 Å². The van der Waals surface area contributed by atoms with Crippen LogP contribution in [0.15, 0.2) is 36.4 Å². The molecule has 1 atom stereocenters. The number of ether oxygens (including phenoxy) is 1. The average Bonchev–Trinajstić information content (AvgIpc) is 2.97. The monoisotopic (exact) mass is 364 g/mol. The minimum absolute atomic E-state index is 0.0366. The maximum absolute atomic E-state index is 15.1. The Balaban J connectivity index is 1.62. The van der Waals surface area contributed by atoms with Crippen LogP contribution in [-0.4, -0.2) is 30.5 Å². The summed E-state index contributed by atoms with van der Waals surface area (Å²) in [6.45, 7) is 2.29. The molecule has 3 heterocycles. The van der Waals surface area contributed by atoms with Crippen LogP contribution < -0.4 is 5.32 Å². The molecule has 5 heteroatoms. The zero-order valence-electron chi connectivity index (χ0n) is 15.0. The lowest BCUT2D eigenvalue weighted by atomic mass is 9.90. The first-order valence-electron chi connectivity index (χ1n) is 9.47. The quantitative estimate of drug-likeness (QED) is 0.718. The molecule has 4 nitrogen and oxygen atoms in total. The maximum atomic E-state index is 15.1. The van der Waals surface area contributed by atoms with Gasteiger partial charge < -0.3 is 15.0 Å². The first-order chi connectivity index (χ1) is 13.2. The molecule has 0 spiro atoms. The molecule has 2 aliphatic rings. The Morgan fingerprint density at radius 3 is 2.85 bits per heavy atom. The number of hydrogen-bond acceptors (Lipinski definition) is 3. The van der Waals surface area contributed by atoms with Gasteiger partial charge in [-0.2, -0.15) is 0 Å². The molecule has 0 unspecified atom stereocenters. The number of halogens is 1. The van der Waals surface area contributed by atoms with Crippen LogP contribution in [0.5, 0.6) is 0 Å². The minimum atomic E-state index is -0.238. The lowest BCUT2D eigenvalue weighted by molar-refractivity contribution is 0.0742. The number of carbonyl (C=O) groups excluding carboxylic acids is 1. The Kier molecular flexibility index (Phi) is 4.06. The fraction of sp³-hybridized carbons (Fsp3) is 0.318. The second-order valence-electron chi connectivity index (χ2n) is 7.41. The van der Waals surface area contributed by atoms with Gasteiger partial charge in [0.25, 0.3) is 0 Å². The highest BCUT2D eigenvalue weighted by Gasteiger charge is 2.24. The summed E-state index contributed by atoms with van der Waals surface area (Å²) < 4.78 is 20.6. The van der Waals surface area contributed by atoms with Crippen molar-refractivity contribution in [2.24, 2.45) is 0 Å². The molecule has 138 valence electrons. The predicted molar refractivity (Wildman–Crippen MR) is 103 cm³/mol. The average molecular weight is 364 g/mol. The van der Waals surface area contributed by atoms with E-state index in [0.717, 1.165) is 48.0 Å². The van der Waals surface area contributed by atoms with Crippen LogP contribution in [0, 0.1) is 5.82 Å². The maximum Gasteiger partial charge on any atom is 0.189 e. The summed E-state index contributed by atoms with van der Waals surface area (Å²) in [5, 5.41) is 4.24. The Bertz CT molecular complexity index is 1030. The molecule has 0 saturated carbocycles. The zero-order chi connectivity index (χ0) is 18.4. The van der Waals surface area contributed by atoms with Gasteiger partial charge in [0.2, 0.25) is 0 Å². The summed E-state index contributed by atoms with van der Waals surface area (Å²) >= 11 is 0. The topological polar surface area (TPSA) is 54.1 Å². The van der Waals surface area contributed by atoms with Crippen LogP contribution in [0.3, 0.4) is 0 Å². The van der Waals surface area contributed by atoms with Gasteiger partial charge in [-0.25, -0.2) is 4.39 Å². The number of benzene rings is 2. The van der Waals surface area contributed by atoms with E-state index in [-0.39, 0.29) is 18.2 Å². The molecule has 0 bridgehead atoms. The van der Waals surface area contributed by atoms with E-state index in [2.05, 4.69) is 10.3 Å². The Hall–Kier alpha value is -2.50. The Morgan fingerprint density at radius 2 is 2.04 bits per heavy atom. The van der Waals surface area contributed by atoms with Gasteiger partial charge in [-0.15, -0.1) is 0 Å². The number of H-pyrrole nitrogens is 1. The summed E-state index contributed by atoms with van der Waals surface area (Å²) in [7, 11) is 0. The van der Waals surface area contributed by atoms with Crippen molar-refractivity contribution < 1.29 is 13.9 Å². The molecular formula is C22H21FN2O2. The van der Waals surface area contributed by atoms with Gasteiger partial charge >= 0.3 is 0 Å². The Morgan fingerprint density at radius 1 is 1.11 bits per heavy atom. The van der Waals surface area contributed by atoms with Crippen LogP contribution >= 0.6 is 0 Å². The van der Waals surface area contributed by atoms with Crippen molar-refractivity contribution in [3.63, 3.8) is 0 Å². The molecule has 2 aliphatic heterocycles. The van der Waals surface area contributed by atoms with E-state index in [1.165, 1.54) is 0 Å². The number of hydrogen-bond donors (Lipinski definition) is 2. The van der Waals surface area contributed by atoms with Crippen molar-refractivity contribution in [3.8, 4) is 11.3 Å². The number of ketones is 1. The smallest absolute Gasteiger partial charge is 0.189 e. The van der Waals surface area contributed by atoms with Gasteiger partial charge in [-0.1, -0.05) is 18.2 Å². The van der Waals surface area contributed by atoms with Crippen LogP contribution in [0.4, 0.5) is 4.39 Å². The molecule has 0 aliphatic carbocycles. The van der Waals surface area contributed by atoms with Crippen LogP contribution in [0.2, 0.25) is 0 Å². The second-order valence-corrected chi connectivity index (χ2v) is 7.41. The third kappa shape index (κ3) is 2.78.